The van der Waals surface area contributed by atoms with Crippen LogP contribution in [0.1, 0.15) is 20.3 Å². The minimum absolute atomic E-state index is 0.106. The lowest BCUT2D eigenvalue weighted by Gasteiger charge is -2.17. The third-order valence-electron chi connectivity index (χ3n) is 1.96. The zero-order valence-corrected chi connectivity index (χ0v) is 10.1. The van der Waals surface area contributed by atoms with Gasteiger partial charge in [-0.05, 0) is 5.92 Å². The maximum absolute atomic E-state index is 11.3. The van der Waals surface area contributed by atoms with Crippen LogP contribution in [0.3, 0.4) is 0 Å². The molecule has 2 N–H and O–H groups in total. The van der Waals surface area contributed by atoms with Crippen LogP contribution in [0, 0.1) is 5.92 Å². The number of nitrogens with one attached hydrogen (secondary N) is 1. The van der Waals surface area contributed by atoms with Gasteiger partial charge in [0.25, 0.3) is 0 Å². The van der Waals surface area contributed by atoms with Gasteiger partial charge < -0.3 is 19.9 Å². The molecule has 0 saturated heterocycles. The zero-order valence-electron chi connectivity index (χ0n) is 10.1. The first-order valence-electron chi connectivity index (χ1n) is 5.11. The molecule has 0 aromatic carbocycles. The van der Waals surface area contributed by atoms with E-state index in [2.05, 4.69) is 14.8 Å². The second kappa shape index (κ2) is 7.48. The summed E-state index contributed by atoms with van der Waals surface area (Å²) >= 11 is 0. The molecule has 1 amide bonds. The monoisotopic (exact) mass is 247 g/mol. The predicted octanol–water partition coefficient (Wildman–Crippen LogP) is 0.385. The van der Waals surface area contributed by atoms with E-state index >= 15 is 0 Å². The molecule has 98 valence electrons. The molecule has 0 aromatic heterocycles. The third kappa shape index (κ3) is 6.39. The van der Waals surface area contributed by atoms with Crippen molar-refractivity contribution in [3.05, 3.63) is 0 Å². The Labute approximate surface area is 99.1 Å². The molecule has 0 spiro atoms. The van der Waals surface area contributed by atoms with Gasteiger partial charge in [-0.25, -0.2) is 9.59 Å². The Balaban J connectivity index is 3.99. The van der Waals surface area contributed by atoms with Gasteiger partial charge in [0.1, 0.15) is 12.6 Å². The number of amides is 1. The summed E-state index contributed by atoms with van der Waals surface area (Å²) in [6, 6.07) is -0.944. The van der Waals surface area contributed by atoms with Crippen molar-refractivity contribution in [1.29, 1.82) is 0 Å². The molecule has 0 aliphatic rings. The van der Waals surface area contributed by atoms with Crippen molar-refractivity contribution in [3.8, 4) is 0 Å². The van der Waals surface area contributed by atoms with E-state index in [1.165, 1.54) is 0 Å². The van der Waals surface area contributed by atoms with Crippen LogP contribution >= 0.6 is 0 Å². The minimum atomic E-state index is -1.10. The molecule has 7 nitrogen and oxygen atoms in total. The fourth-order valence-corrected chi connectivity index (χ4v) is 1.05. The van der Waals surface area contributed by atoms with Crippen molar-refractivity contribution >= 4 is 18.0 Å². The average molecular weight is 247 g/mol. The van der Waals surface area contributed by atoms with E-state index in [0.717, 1.165) is 7.11 Å². The van der Waals surface area contributed by atoms with Crippen molar-refractivity contribution in [2.45, 2.75) is 26.3 Å². The molecule has 0 aliphatic heterocycles. The highest BCUT2D eigenvalue weighted by Crippen LogP contribution is 2.02. The van der Waals surface area contributed by atoms with Crippen LogP contribution in [0.4, 0.5) is 4.79 Å². The molecular weight excluding hydrogens is 230 g/mol. The highest BCUT2D eigenvalue weighted by molar-refractivity contribution is 5.83. The van der Waals surface area contributed by atoms with Gasteiger partial charge in [-0.3, -0.25) is 4.79 Å². The number of ether oxygens (including phenoxy) is 2. The van der Waals surface area contributed by atoms with Gasteiger partial charge in [0, 0.05) is 0 Å². The Morgan fingerprint density at radius 2 is 1.88 bits per heavy atom. The number of aliphatic carboxylic acids is 1. The molecule has 0 radical (unpaired) electrons. The molecule has 0 rings (SSSR count). The number of methoxy groups -OCH3 is 1. The van der Waals surface area contributed by atoms with Gasteiger partial charge in [0.15, 0.2) is 0 Å². The van der Waals surface area contributed by atoms with Gasteiger partial charge in [0.2, 0.25) is 5.91 Å². The summed E-state index contributed by atoms with van der Waals surface area (Å²) in [5, 5.41) is 11.2. The van der Waals surface area contributed by atoms with E-state index in [-0.39, 0.29) is 18.9 Å². The first-order chi connectivity index (χ1) is 7.88. The average Bonchev–Trinajstić information content (AvgIpc) is 2.24. The Hall–Kier alpha value is -1.79. The summed E-state index contributed by atoms with van der Waals surface area (Å²) in [6.45, 7) is 3.22. The number of carbonyl (C=O) groups is 3. The van der Waals surface area contributed by atoms with Crippen molar-refractivity contribution in [1.82, 2.24) is 5.32 Å². The van der Waals surface area contributed by atoms with Crippen molar-refractivity contribution < 1.29 is 29.0 Å². The molecule has 0 saturated carbocycles. The van der Waals surface area contributed by atoms with E-state index < -0.39 is 24.1 Å². The summed E-state index contributed by atoms with van der Waals surface area (Å²) in [5.74, 6) is -1.81. The molecule has 7 heteroatoms. The standard InChI is InChI=1S/C10H17NO6/c1-6(2)8(9(13)14)11-7(12)4-5-17-10(15)16-3/h6,8H,4-5H2,1-3H3,(H,11,12)(H,13,14). The van der Waals surface area contributed by atoms with Crippen molar-refractivity contribution in [3.63, 3.8) is 0 Å². The molecule has 0 aromatic rings. The van der Waals surface area contributed by atoms with Crippen LogP contribution in [-0.4, -0.2) is 42.9 Å². The normalized spacial score (nSPS) is 11.8. The quantitative estimate of drug-likeness (QED) is 0.658. The Morgan fingerprint density at radius 1 is 1.29 bits per heavy atom. The van der Waals surface area contributed by atoms with Crippen LogP contribution in [0.25, 0.3) is 0 Å². The summed E-state index contributed by atoms with van der Waals surface area (Å²) in [6.07, 6.45) is -0.984. The van der Waals surface area contributed by atoms with E-state index in [4.69, 9.17) is 5.11 Å². The molecule has 1 atom stereocenters. The summed E-state index contributed by atoms with van der Waals surface area (Å²) in [4.78, 5) is 32.7. The van der Waals surface area contributed by atoms with Crippen LogP contribution in [0.15, 0.2) is 0 Å². The second-order valence-corrected chi connectivity index (χ2v) is 3.68. The largest absolute Gasteiger partial charge is 0.507 e. The van der Waals surface area contributed by atoms with E-state index in [0.29, 0.717) is 0 Å². The van der Waals surface area contributed by atoms with Gasteiger partial charge in [-0.2, -0.15) is 0 Å². The smallest absolute Gasteiger partial charge is 0.480 e. The topological polar surface area (TPSA) is 102 Å². The van der Waals surface area contributed by atoms with E-state index in [1.807, 2.05) is 0 Å². The van der Waals surface area contributed by atoms with Gasteiger partial charge in [-0.15, -0.1) is 0 Å². The van der Waals surface area contributed by atoms with Crippen LogP contribution in [0.5, 0.6) is 0 Å². The van der Waals surface area contributed by atoms with Crippen LogP contribution in [0.2, 0.25) is 0 Å². The first kappa shape index (κ1) is 15.2. The molecule has 0 aliphatic carbocycles. The summed E-state index contributed by atoms with van der Waals surface area (Å²) in [7, 11) is 1.15. The number of rotatable bonds is 6. The van der Waals surface area contributed by atoms with Crippen LogP contribution in [-0.2, 0) is 19.1 Å². The molecule has 1 unspecified atom stereocenters. The summed E-state index contributed by atoms with van der Waals surface area (Å²) < 4.78 is 8.70. The molecule has 17 heavy (non-hydrogen) atoms. The Bertz CT molecular complexity index is 289. The fraction of sp³-hybridized carbons (Fsp3) is 0.700. The zero-order chi connectivity index (χ0) is 13.4. The van der Waals surface area contributed by atoms with Gasteiger partial charge in [0.05, 0.1) is 13.5 Å². The van der Waals surface area contributed by atoms with E-state index in [9.17, 15) is 14.4 Å². The Kier molecular flexibility index (Phi) is 6.69. The highest BCUT2D eigenvalue weighted by atomic mass is 16.7. The maximum Gasteiger partial charge on any atom is 0.507 e. The number of hydrogen-bond acceptors (Lipinski definition) is 5. The SMILES string of the molecule is COC(=O)OCCC(=O)NC(C(=O)O)C(C)C. The predicted molar refractivity (Wildman–Crippen MR) is 57.4 cm³/mol. The van der Waals surface area contributed by atoms with Gasteiger partial charge >= 0.3 is 12.1 Å². The van der Waals surface area contributed by atoms with Crippen molar-refractivity contribution in [2.75, 3.05) is 13.7 Å². The number of carboxylic acids is 1. The first-order valence-corrected chi connectivity index (χ1v) is 5.11. The third-order valence-corrected chi connectivity index (χ3v) is 1.96. The number of hydrogen-bond donors (Lipinski definition) is 2. The number of carbonyl (C=O) groups excluding carboxylic acids is 2. The molecular formula is C10H17NO6. The fourth-order valence-electron chi connectivity index (χ4n) is 1.05. The lowest BCUT2D eigenvalue weighted by Crippen LogP contribution is -2.44. The maximum atomic E-state index is 11.3. The number of carboxylic acid groups (broad SMARTS) is 1. The highest BCUT2D eigenvalue weighted by Gasteiger charge is 2.23. The molecule has 0 bridgehead atoms. The second-order valence-electron chi connectivity index (χ2n) is 3.68. The van der Waals surface area contributed by atoms with Crippen LogP contribution < -0.4 is 5.32 Å². The van der Waals surface area contributed by atoms with Crippen molar-refractivity contribution in [2.24, 2.45) is 5.92 Å². The minimum Gasteiger partial charge on any atom is -0.480 e. The van der Waals surface area contributed by atoms with Gasteiger partial charge in [-0.1, -0.05) is 13.8 Å². The lowest BCUT2D eigenvalue weighted by atomic mass is 10.0. The summed E-state index contributed by atoms with van der Waals surface area (Å²) in [5.41, 5.74) is 0. The molecule has 0 heterocycles. The molecule has 0 fully saturated rings. The van der Waals surface area contributed by atoms with E-state index in [1.54, 1.807) is 13.8 Å². The lowest BCUT2D eigenvalue weighted by molar-refractivity contribution is -0.143. The Morgan fingerprint density at radius 3 is 2.29 bits per heavy atom.